The second-order valence-electron chi connectivity index (χ2n) is 4.50. The Labute approximate surface area is 94.7 Å². The van der Waals surface area contributed by atoms with Crippen LogP contribution in [-0.4, -0.2) is 43.8 Å². The maximum atomic E-state index is 11.6. The number of hydrogen-bond acceptors (Lipinski definition) is 4. The summed E-state index contributed by atoms with van der Waals surface area (Å²) < 4.78 is 9.53. The third-order valence-electron chi connectivity index (χ3n) is 3.69. The highest BCUT2D eigenvalue weighted by Gasteiger charge is 2.46. The van der Waals surface area contributed by atoms with E-state index in [4.69, 9.17) is 9.47 Å². The first-order valence-electron chi connectivity index (χ1n) is 5.59. The number of nitrogens with zero attached hydrogens (tertiary/aromatic N) is 1. The summed E-state index contributed by atoms with van der Waals surface area (Å²) >= 11 is 0. The van der Waals surface area contributed by atoms with Crippen molar-refractivity contribution in [3.63, 3.8) is 0 Å². The smallest absolute Gasteiger partial charge is 0.409 e. The zero-order chi connectivity index (χ0) is 11.7. The molecule has 90 valence electrons. The van der Waals surface area contributed by atoms with Crippen molar-refractivity contribution in [1.29, 1.82) is 0 Å². The van der Waals surface area contributed by atoms with Gasteiger partial charge in [0, 0.05) is 12.6 Å². The number of amides is 1. The van der Waals surface area contributed by atoms with Crippen molar-refractivity contribution in [1.82, 2.24) is 4.90 Å². The van der Waals surface area contributed by atoms with Gasteiger partial charge in [0.2, 0.25) is 0 Å². The Bertz CT molecular complexity index is 278. The first-order chi connectivity index (χ1) is 7.67. The monoisotopic (exact) mass is 227 g/mol. The molecule has 3 rings (SSSR count). The van der Waals surface area contributed by atoms with E-state index in [1.54, 1.807) is 4.90 Å². The molecule has 2 heterocycles. The highest BCUT2D eigenvalue weighted by molar-refractivity contribution is 5.76. The maximum Gasteiger partial charge on any atom is 0.409 e. The number of esters is 1. The van der Waals surface area contributed by atoms with Gasteiger partial charge in [0.1, 0.15) is 0 Å². The van der Waals surface area contributed by atoms with Crippen LogP contribution in [0.15, 0.2) is 0 Å². The molecule has 2 aliphatic heterocycles. The molecule has 1 aliphatic carbocycles. The van der Waals surface area contributed by atoms with E-state index in [1.165, 1.54) is 14.2 Å². The van der Waals surface area contributed by atoms with Gasteiger partial charge < -0.3 is 14.4 Å². The molecule has 0 unspecified atom stereocenters. The summed E-state index contributed by atoms with van der Waals surface area (Å²) in [5.41, 5.74) is 0. The Morgan fingerprint density at radius 1 is 1.19 bits per heavy atom. The van der Waals surface area contributed by atoms with Gasteiger partial charge in [-0.3, -0.25) is 4.79 Å². The molecule has 0 aromatic carbocycles. The molecule has 1 amide bonds. The Balaban J connectivity index is 2.14. The van der Waals surface area contributed by atoms with Crippen molar-refractivity contribution in [3.8, 4) is 0 Å². The fourth-order valence-corrected chi connectivity index (χ4v) is 2.93. The Kier molecular flexibility index (Phi) is 3.03. The third-order valence-corrected chi connectivity index (χ3v) is 3.69. The van der Waals surface area contributed by atoms with Gasteiger partial charge in [-0.1, -0.05) is 0 Å². The van der Waals surface area contributed by atoms with Gasteiger partial charge in [-0.2, -0.15) is 0 Å². The third kappa shape index (κ3) is 1.74. The number of carbonyl (C=O) groups is 2. The van der Waals surface area contributed by atoms with Gasteiger partial charge in [0.05, 0.1) is 20.1 Å². The van der Waals surface area contributed by atoms with Crippen LogP contribution in [0.4, 0.5) is 4.79 Å². The van der Waals surface area contributed by atoms with Crippen LogP contribution in [0.5, 0.6) is 0 Å². The minimum atomic E-state index is -0.330. The van der Waals surface area contributed by atoms with E-state index >= 15 is 0 Å². The molecule has 3 aliphatic rings. The van der Waals surface area contributed by atoms with Gasteiger partial charge in [0.25, 0.3) is 0 Å². The number of methoxy groups -OCH3 is 2. The highest BCUT2D eigenvalue weighted by atomic mass is 16.5. The van der Waals surface area contributed by atoms with E-state index < -0.39 is 0 Å². The molecule has 0 spiro atoms. The zero-order valence-corrected chi connectivity index (χ0v) is 9.64. The second-order valence-corrected chi connectivity index (χ2v) is 4.50. The quantitative estimate of drug-likeness (QED) is 0.628. The lowest BCUT2D eigenvalue weighted by Gasteiger charge is -2.47. The Hall–Kier alpha value is -1.26. The fraction of sp³-hybridized carbons (Fsp3) is 0.818. The van der Waals surface area contributed by atoms with Crippen LogP contribution in [0.3, 0.4) is 0 Å². The predicted molar refractivity (Wildman–Crippen MR) is 55.7 cm³/mol. The normalized spacial score (nSPS) is 32.4. The first-order valence-corrected chi connectivity index (χ1v) is 5.59. The van der Waals surface area contributed by atoms with Crippen molar-refractivity contribution >= 4 is 12.1 Å². The molecule has 1 saturated carbocycles. The minimum Gasteiger partial charge on any atom is -0.469 e. The van der Waals surface area contributed by atoms with E-state index in [9.17, 15) is 9.59 Å². The molecule has 16 heavy (non-hydrogen) atoms. The molecule has 5 heteroatoms. The second kappa shape index (κ2) is 4.31. The van der Waals surface area contributed by atoms with E-state index in [-0.39, 0.29) is 24.0 Å². The average Bonchev–Trinajstić information content (AvgIpc) is 2.37. The van der Waals surface area contributed by atoms with Crippen LogP contribution in [0, 0.1) is 11.8 Å². The van der Waals surface area contributed by atoms with Gasteiger partial charge in [-0.15, -0.1) is 0 Å². The van der Waals surface area contributed by atoms with E-state index in [1.807, 2.05) is 0 Å². The molecule has 2 saturated heterocycles. The topological polar surface area (TPSA) is 55.8 Å². The van der Waals surface area contributed by atoms with Gasteiger partial charge in [-0.05, 0) is 25.2 Å². The van der Waals surface area contributed by atoms with Crippen LogP contribution >= 0.6 is 0 Å². The number of hydrogen-bond donors (Lipinski definition) is 0. The van der Waals surface area contributed by atoms with E-state index in [0.29, 0.717) is 12.5 Å². The Morgan fingerprint density at radius 3 is 2.50 bits per heavy atom. The largest absolute Gasteiger partial charge is 0.469 e. The maximum absolute atomic E-state index is 11.6. The van der Waals surface area contributed by atoms with Crippen molar-refractivity contribution in [2.75, 3.05) is 20.8 Å². The lowest BCUT2D eigenvalue weighted by atomic mass is 9.73. The average molecular weight is 227 g/mol. The SMILES string of the molecule is COC(=O)[C@H]1C[C@H]2CC[C@@H]1N(C(=O)OC)C2. The zero-order valence-electron chi connectivity index (χ0n) is 9.64. The van der Waals surface area contributed by atoms with Crippen LogP contribution < -0.4 is 0 Å². The lowest BCUT2D eigenvalue weighted by molar-refractivity contribution is -0.152. The fourth-order valence-electron chi connectivity index (χ4n) is 2.93. The molecular formula is C11H17NO4. The van der Waals surface area contributed by atoms with Crippen molar-refractivity contribution in [2.45, 2.75) is 25.3 Å². The van der Waals surface area contributed by atoms with Crippen LogP contribution in [-0.2, 0) is 14.3 Å². The van der Waals surface area contributed by atoms with Crippen LogP contribution in [0.2, 0.25) is 0 Å². The summed E-state index contributed by atoms with van der Waals surface area (Å²) in [6, 6.07) is -0.0371. The van der Waals surface area contributed by atoms with Gasteiger partial charge in [0.15, 0.2) is 0 Å². The van der Waals surface area contributed by atoms with E-state index in [2.05, 4.69) is 0 Å². The number of carbonyl (C=O) groups excluding carboxylic acids is 2. The van der Waals surface area contributed by atoms with Crippen molar-refractivity contribution in [2.24, 2.45) is 11.8 Å². The molecular weight excluding hydrogens is 210 g/mol. The van der Waals surface area contributed by atoms with Gasteiger partial charge >= 0.3 is 12.1 Å². The summed E-state index contributed by atoms with van der Waals surface area (Å²) in [6.07, 6.45) is 2.47. The number of fused-ring (bicyclic) bond motifs is 3. The summed E-state index contributed by atoms with van der Waals surface area (Å²) in [5.74, 6) is 0.0353. The van der Waals surface area contributed by atoms with Crippen molar-refractivity contribution < 1.29 is 19.1 Å². The number of rotatable bonds is 1. The molecule has 0 aromatic heterocycles. The number of ether oxygens (including phenoxy) is 2. The van der Waals surface area contributed by atoms with Gasteiger partial charge in [-0.25, -0.2) is 4.79 Å². The molecule has 5 nitrogen and oxygen atoms in total. The molecule has 0 aromatic rings. The predicted octanol–water partition coefficient (Wildman–Crippen LogP) is 1.03. The molecule has 0 N–H and O–H groups in total. The molecule has 3 fully saturated rings. The summed E-state index contributed by atoms with van der Waals surface area (Å²) in [4.78, 5) is 24.9. The summed E-state index contributed by atoms with van der Waals surface area (Å²) in [7, 11) is 2.77. The molecule has 0 radical (unpaired) electrons. The van der Waals surface area contributed by atoms with Crippen molar-refractivity contribution in [3.05, 3.63) is 0 Å². The summed E-state index contributed by atoms with van der Waals surface area (Å²) in [5, 5.41) is 0. The Morgan fingerprint density at radius 2 is 1.94 bits per heavy atom. The first kappa shape index (κ1) is 11.2. The van der Waals surface area contributed by atoms with Crippen LogP contribution in [0.25, 0.3) is 0 Å². The summed E-state index contributed by atoms with van der Waals surface area (Å²) in [6.45, 7) is 0.713. The number of piperidine rings is 2. The molecule has 3 atom stereocenters. The van der Waals surface area contributed by atoms with Crippen LogP contribution in [0.1, 0.15) is 19.3 Å². The van der Waals surface area contributed by atoms with E-state index in [0.717, 1.165) is 19.3 Å². The lowest BCUT2D eigenvalue weighted by Crippen LogP contribution is -2.57. The standard InChI is InChI=1S/C11H17NO4/c1-15-10(13)8-5-7-3-4-9(8)12(6-7)11(14)16-2/h7-9H,3-6H2,1-2H3/t7-,8+,9+/m1/s1. The molecule has 2 bridgehead atoms. The highest BCUT2D eigenvalue weighted by Crippen LogP contribution is 2.39. The minimum absolute atomic E-state index is 0.0371.